The third-order valence-electron chi connectivity index (χ3n) is 3.38. The van der Waals surface area contributed by atoms with Gasteiger partial charge in [0.05, 0.1) is 13.5 Å². The molecule has 1 aromatic rings. The molecule has 3 nitrogen and oxygen atoms in total. The molecule has 0 heterocycles. The lowest BCUT2D eigenvalue weighted by atomic mass is 9.91. The molecular weight excluding hydrogens is 223 g/mol. The summed E-state index contributed by atoms with van der Waals surface area (Å²) in [5, 5.41) is 8.88. The van der Waals surface area contributed by atoms with Gasteiger partial charge in [-0.05, 0) is 30.5 Å². The lowest BCUT2D eigenvalue weighted by molar-refractivity contribution is -0.137. The second kappa shape index (κ2) is 4.35. The van der Waals surface area contributed by atoms with E-state index in [2.05, 4.69) is 0 Å². The van der Waals surface area contributed by atoms with E-state index in [4.69, 9.17) is 9.84 Å². The molecule has 1 saturated carbocycles. The molecule has 92 valence electrons. The maximum atomic E-state index is 12.8. The normalized spacial score (nSPS) is 16.6. The first-order valence-corrected chi connectivity index (χ1v) is 5.56. The van der Waals surface area contributed by atoms with Crippen molar-refractivity contribution in [1.82, 2.24) is 0 Å². The monoisotopic (exact) mass is 238 g/mol. The first-order chi connectivity index (χ1) is 8.11. The van der Waals surface area contributed by atoms with E-state index in [9.17, 15) is 9.18 Å². The molecular formula is C13H15FO3. The Morgan fingerprint density at radius 1 is 1.53 bits per heavy atom. The van der Waals surface area contributed by atoms with Gasteiger partial charge in [0, 0.05) is 11.0 Å². The van der Waals surface area contributed by atoms with Crippen molar-refractivity contribution < 1.29 is 19.0 Å². The zero-order valence-electron chi connectivity index (χ0n) is 9.70. The average molecular weight is 238 g/mol. The predicted octanol–water partition coefficient (Wildman–Crippen LogP) is 2.67. The fourth-order valence-corrected chi connectivity index (χ4v) is 2.22. The number of carbonyl (C=O) groups is 1. The summed E-state index contributed by atoms with van der Waals surface area (Å²) >= 11 is 0. The van der Waals surface area contributed by atoms with Gasteiger partial charge in [0.15, 0.2) is 0 Å². The number of halogens is 1. The molecule has 0 aliphatic heterocycles. The molecule has 0 spiro atoms. The Morgan fingerprint density at radius 2 is 2.24 bits per heavy atom. The smallest absolute Gasteiger partial charge is 0.304 e. The highest BCUT2D eigenvalue weighted by Gasteiger charge is 2.46. The van der Waals surface area contributed by atoms with Crippen LogP contribution >= 0.6 is 0 Å². The van der Waals surface area contributed by atoms with Gasteiger partial charge in [0.1, 0.15) is 12.4 Å². The molecule has 0 amide bonds. The van der Waals surface area contributed by atoms with Crippen LogP contribution in [-0.4, -0.2) is 18.2 Å². The Kier molecular flexibility index (Phi) is 3.05. The molecule has 0 aromatic heterocycles. The molecule has 1 aliphatic rings. The molecule has 0 radical (unpaired) electrons. The third kappa shape index (κ3) is 2.25. The first kappa shape index (κ1) is 11.9. The Hall–Kier alpha value is -1.58. The lowest BCUT2D eigenvalue weighted by Gasteiger charge is -2.15. The van der Waals surface area contributed by atoms with E-state index in [0.717, 1.165) is 18.4 Å². The van der Waals surface area contributed by atoms with E-state index < -0.39 is 12.6 Å². The first-order valence-electron chi connectivity index (χ1n) is 5.56. The minimum absolute atomic E-state index is 0.116. The average Bonchev–Trinajstić information content (AvgIpc) is 3.08. The second-order valence-electron chi connectivity index (χ2n) is 4.51. The summed E-state index contributed by atoms with van der Waals surface area (Å²) in [7, 11) is 1.50. The van der Waals surface area contributed by atoms with Crippen molar-refractivity contribution in [2.45, 2.75) is 31.4 Å². The van der Waals surface area contributed by atoms with Crippen molar-refractivity contribution in [2.75, 3.05) is 7.11 Å². The van der Waals surface area contributed by atoms with Crippen molar-refractivity contribution in [3.8, 4) is 5.75 Å². The Labute approximate surface area is 99.2 Å². The van der Waals surface area contributed by atoms with Gasteiger partial charge < -0.3 is 9.84 Å². The van der Waals surface area contributed by atoms with Gasteiger partial charge in [0.2, 0.25) is 0 Å². The van der Waals surface area contributed by atoms with Crippen LogP contribution < -0.4 is 4.74 Å². The molecule has 0 unspecified atom stereocenters. The number of ether oxygens (including phenoxy) is 1. The minimum atomic E-state index is -0.805. The third-order valence-corrected chi connectivity index (χ3v) is 3.38. The van der Waals surface area contributed by atoms with Gasteiger partial charge in [-0.25, -0.2) is 4.39 Å². The number of benzene rings is 1. The molecule has 17 heavy (non-hydrogen) atoms. The number of methoxy groups -OCH3 is 1. The van der Waals surface area contributed by atoms with E-state index in [-0.39, 0.29) is 11.8 Å². The van der Waals surface area contributed by atoms with Crippen LogP contribution in [0.2, 0.25) is 0 Å². The Morgan fingerprint density at radius 3 is 2.71 bits per heavy atom. The Balaban J connectivity index is 2.30. The summed E-state index contributed by atoms with van der Waals surface area (Å²) in [6, 6.07) is 5.29. The highest BCUT2D eigenvalue weighted by atomic mass is 19.1. The van der Waals surface area contributed by atoms with E-state index in [1.165, 1.54) is 7.11 Å². The van der Waals surface area contributed by atoms with Gasteiger partial charge in [-0.2, -0.15) is 0 Å². The molecule has 1 N–H and O–H groups in total. The lowest BCUT2D eigenvalue weighted by Crippen LogP contribution is -2.13. The van der Waals surface area contributed by atoms with Gasteiger partial charge in [-0.15, -0.1) is 0 Å². The van der Waals surface area contributed by atoms with Gasteiger partial charge >= 0.3 is 5.97 Å². The van der Waals surface area contributed by atoms with Gasteiger partial charge in [0.25, 0.3) is 0 Å². The standard InChI is InChI=1S/C13H15FO3/c1-17-11-3-2-10(6-9(11)8-14)13(4-5-13)7-12(15)16/h2-3,6H,4-5,7-8H2,1H3,(H,15,16). The molecule has 2 rings (SSSR count). The van der Waals surface area contributed by atoms with Crippen LogP contribution in [-0.2, 0) is 16.9 Å². The molecule has 0 atom stereocenters. The van der Waals surface area contributed by atoms with Gasteiger partial charge in [-0.1, -0.05) is 6.07 Å². The van der Waals surface area contributed by atoms with Crippen molar-refractivity contribution in [2.24, 2.45) is 0 Å². The summed E-state index contributed by atoms with van der Waals surface area (Å²) in [4.78, 5) is 10.8. The quantitative estimate of drug-likeness (QED) is 0.857. The fraction of sp³-hybridized carbons (Fsp3) is 0.462. The number of rotatable bonds is 5. The van der Waals surface area contributed by atoms with Crippen LogP contribution in [0.15, 0.2) is 18.2 Å². The fourth-order valence-electron chi connectivity index (χ4n) is 2.22. The molecule has 0 saturated heterocycles. The van der Waals surface area contributed by atoms with Crippen LogP contribution in [0.3, 0.4) is 0 Å². The number of hydrogen-bond donors (Lipinski definition) is 1. The van der Waals surface area contributed by atoms with Crippen molar-refractivity contribution in [3.63, 3.8) is 0 Å². The number of alkyl halides is 1. The van der Waals surface area contributed by atoms with Crippen molar-refractivity contribution in [1.29, 1.82) is 0 Å². The number of carboxylic acids is 1. The topological polar surface area (TPSA) is 46.5 Å². The van der Waals surface area contributed by atoms with Crippen LogP contribution in [0.5, 0.6) is 5.75 Å². The SMILES string of the molecule is COc1ccc(C2(CC(=O)O)CC2)cc1CF. The van der Waals surface area contributed by atoms with Crippen LogP contribution in [0.4, 0.5) is 4.39 Å². The number of hydrogen-bond acceptors (Lipinski definition) is 2. The summed E-state index contributed by atoms with van der Waals surface area (Å²) in [5.74, 6) is -0.289. The summed E-state index contributed by atoms with van der Waals surface area (Å²) in [6.07, 6.45) is 1.83. The van der Waals surface area contributed by atoms with E-state index in [1.54, 1.807) is 12.1 Å². The van der Waals surface area contributed by atoms with E-state index in [1.807, 2.05) is 6.07 Å². The molecule has 1 fully saturated rings. The molecule has 4 heteroatoms. The molecule has 1 aromatic carbocycles. The number of carboxylic acid groups (broad SMARTS) is 1. The largest absolute Gasteiger partial charge is 0.496 e. The van der Waals surface area contributed by atoms with Gasteiger partial charge in [-0.3, -0.25) is 4.79 Å². The highest BCUT2D eigenvalue weighted by molar-refractivity contribution is 5.70. The maximum Gasteiger partial charge on any atom is 0.304 e. The zero-order valence-corrected chi connectivity index (χ0v) is 9.70. The summed E-state index contributed by atoms with van der Waals surface area (Å²) in [5.41, 5.74) is 1.12. The van der Waals surface area contributed by atoms with Crippen LogP contribution in [0, 0.1) is 0 Å². The second-order valence-corrected chi connectivity index (χ2v) is 4.51. The van der Waals surface area contributed by atoms with Crippen molar-refractivity contribution in [3.05, 3.63) is 29.3 Å². The zero-order chi connectivity index (χ0) is 12.5. The minimum Gasteiger partial charge on any atom is -0.496 e. The Bertz CT molecular complexity index is 438. The predicted molar refractivity (Wildman–Crippen MR) is 61.0 cm³/mol. The van der Waals surface area contributed by atoms with Crippen LogP contribution in [0.25, 0.3) is 0 Å². The van der Waals surface area contributed by atoms with Crippen LogP contribution in [0.1, 0.15) is 30.4 Å². The summed E-state index contributed by atoms with van der Waals surface area (Å²) in [6.45, 7) is -0.597. The highest BCUT2D eigenvalue weighted by Crippen LogP contribution is 2.51. The summed E-state index contributed by atoms with van der Waals surface area (Å²) < 4.78 is 17.9. The van der Waals surface area contributed by atoms with Crippen molar-refractivity contribution >= 4 is 5.97 Å². The number of aliphatic carboxylic acids is 1. The molecule has 0 bridgehead atoms. The maximum absolute atomic E-state index is 12.8. The van der Waals surface area contributed by atoms with E-state index >= 15 is 0 Å². The molecule has 1 aliphatic carbocycles. The van der Waals surface area contributed by atoms with E-state index in [0.29, 0.717) is 11.3 Å².